The molecule has 1 saturated heterocycles. The van der Waals surface area contributed by atoms with Crippen LogP contribution in [0.5, 0.6) is 0 Å². The van der Waals surface area contributed by atoms with Gasteiger partial charge in [-0.15, -0.1) is 0 Å². The second-order valence-corrected chi connectivity index (χ2v) is 8.71. The van der Waals surface area contributed by atoms with Crippen LogP contribution < -0.4 is 5.32 Å². The predicted molar refractivity (Wildman–Crippen MR) is 109 cm³/mol. The van der Waals surface area contributed by atoms with Crippen LogP contribution >= 0.6 is 11.6 Å². The Balaban J connectivity index is 1.28. The molecule has 2 heterocycles. The van der Waals surface area contributed by atoms with Crippen molar-refractivity contribution in [2.45, 2.75) is 57.4 Å². The molecular formula is C21H29ClN4O. The van der Waals surface area contributed by atoms with E-state index >= 15 is 0 Å². The molecule has 4 rings (SSSR count). The molecule has 1 aliphatic heterocycles. The van der Waals surface area contributed by atoms with Crippen LogP contribution in [-0.2, 0) is 4.79 Å². The number of hydrogen-bond acceptors (Lipinski definition) is 3. The van der Waals surface area contributed by atoms with E-state index in [-0.39, 0.29) is 5.91 Å². The van der Waals surface area contributed by atoms with E-state index in [1.165, 1.54) is 19.3 Å². The minimum absolute atomic E-state index is 0.186. The monoisotopic (exact) mass is 388 g/mol. The predicted octanol–water partition coefficient (Wildman–Crippen LogP) is 4.09. The number of nitrogens with zero attached hydrogens (tertiary/aromatic N) is 2. The lowest BCUT2D eigenvalue weighted by Gasteiger charge is -2.33. The zero-order valence-corrected chi connectivity index (χ0v) is 16.8. The number of H-pyrrole nitrogens is 1. The van der Waals surface area contributed by atoms with E-state index in [4.69, 9.17) is 16.6 Å². The average molecular weight is 389 g/mol. The van der Waals surface area contributed by atoms with Gasteiger partial charge in [-0.25, -0.2) is 4.98 Å². The molecule has 27 heavy (non-hydrogen) atoms. The lowest BCUT2D eigenvalue weighted by atomic mass is 9.86. The number of amides is 1. The Bertz CT molecular complexity index is 797. The number of aromatic nitrogens is 2. The molecule has 146 valence electrons. The minimum Gasteiger partial charge on any atom is -0.352 e. The Morgan fingerprint density at radius 3 is 2.81 bits per heavy atom. The van der Waals surface area contributed by atoms with E-state index in [0.717, 1.165) is 54.2 Å². The summed E-state index contributed by atoms with van der Waals surface area (Å²) in [5.74, 6) is 2.27. The fourth-order valence-electron chi connectivity index (χ4n) is 4.55. The zero-order valence-electron chi connectivity index (χ0n) is 16.0. The summed E-state index contributed by atoms with van der Waals surface area (Å²) < 4.78 is 0. The molecule has 2 fully saturated rings. The first-order chi connectivity index (χ1) is 13.1. The van der Waals surface area contributed by atoms with E-state index in [9.17, 15) is 4.79 Å². The fraction of sp³-hybridized carbons (Fsp3) is 0.619. The summed E-state index contributed by atoms with van der Waals surface area (Å²) in [7, 11) is 0. The molecule has 2 aromatic rings. The van der Waals surface area contributed by atoms with Crippen LogP contribution in [0.25, 0.3) is 11.0 Å². The maximum Gasteiger partial charge on any atom is 0.234 e. The lowest BCUT2D eigenvalue weighted by molar-refractivity contribution is -0.123. The maximum absolute atomic E-state index is 12.4. The lowest BCUT2D eigenvalue weighted by Crippen LogP contribution is -2.47. The Kier molecular flexibility index (Phi) is 5.69. The number of imidazole rings is 1. The van der Waals surface area contributed by atoms with Crippen LogP contribution in [0.4, 0.5) is 0 Å². The standard InChI is InChI=1S/C21H29ClN4O/c1-14-4-2-3-5-17(14)23-20(27)13-26-10-8-15(9-11-26)21-24-18-7-6-16(22)12-19(18)25-21/h6-7,12,14-15,17H,2-5,8-11,13H2,1H3,(H,23,27)(H,24,25)/t14-,17+/m0/s1. The van der Waals surface area contributed by atoms with Crippen molar-refractivity contribution in [3.63, 3.8) is 0 Å². The van der Waals surface area contributed by atoms with Crippen LogP contribution in [0.1, 0.15) is 57.2 Å². The fourth-order valence-corrected chi connectivity index (χ4v) is 4.72. The number of nitrogens with one attached hydrogen (secondary N) is 2. The largest absolute Gasteiger partial charge is 0.352 e. The van der Waals surface area contributed by atoms with E-state index in [1.54, 1.807) is 0 Å². The number of aromatic amines is 1. The Labute approximate surface area is 165 Å². The molecule has 5 nitrogen and oxygen atoms in total. The van der Waals surface area contributed by atoms with Crippen molar-refractivity contribution in [1.29, 1.82) is 0 Å². The van der Waals surface area contributed by atoms with Crippen molar-refractivity contribution in [3.8, 4) is 0 Å². The molecule has 1 aliphatic carbocycles. The number of piperidine rings is 1. The number of likely N-dealkylation sites (tertiary alicyclic amines) is 1. The first-order valence-electron chi connectivity index (χ1n) is 10.3. The normalized spacial score (nSPS) is 25.0. The molecule has 0 radical (unpaired) electrons. The van der Waals surface area contributed by atoms with Gasteiger partial charge in [-0.05, 0) is 62.9 Å². The van der Waals surface area contributed by atoms with Crippen LogP contribution in [-0.4, -0.2) is 46.5 Å². The summed E-state index contributed by atoms with van der Waals surface area (Å²) in [5.41, 5.74) is 1.97. The van der Waals surface area contributed by atoms with Crippen LogP contribution in [0.15, 0.2) is 18.2 Å². The van der Waals surface area contributed by atoms with E-state index in [0.29, 0.717) is 24.4 Å². The smallest absolute Gasteiger partial charge is 0.234 e. The third kappa shape index (κ3) is 4.46. The molecule has 1 amide bonds. The Hall–Kier alpha value is -1.59. The highest BCUT2D eigenvalue weighted by Crippen LogP contribution is 2.28. The zero-order chi connectivity index (χ0) is 18.8. The van der Waals surface area contributed by atoms with Gasteiger partial charge in [0.1, 0.15) is 5.82 Å². The van der Waals surface area contributed by atoms with Crippen molar-refractivity contribution in [1.82, 2.24) is 20.2 Å². The molecule has 2 N–H and O–H groups in total. The molecule has 6 heteroatoms. The second-order valence-electron chi connectivity index (χ2n) is 8.27. The summed E-state index contributed by atoms with van der Waals surface area (Å²) in [6, 6.07) is 6.14. The highest BCUT2D eigenvalue weighted by atomic mass is 35.5. The number of hydrogen-bond donors (Lipinski definition) is 2. The summed E-state index contributed by atoms with van der Waals surface area (Å²) in [4.78, 5) is 22.9. The van der Waals surface area contributed by atoms with Crippen molar-refractivity contribution < 1.29 is 4.79 Å². The SMILES string of the molecule is C[C@H]1CCCC[C@H]1NC(=O)CN1CCC(c2nc3ccc(Cl)cc3[nH]2)CC1. The molecule has 2 atom stereocenters. The van der Waals surface area contributed by atoms with Gasteiger partial charge in [0.25, 0.3) is 0 Å². The number of benzene rings is 1. The van der Waals surface area contributed by atoms with E-state index < -0.39 is 0 Å². The van der Waals surface area contributed by atoms with Gasteiger partial charge >= 0.3 is 0 Å². The van der Waals surface area contributed by atoms with Gasteiger partial charge in [-0.3, -0.25) is 9.69 Å². The summed E-state index contributed by atoms with van der Waals surface area (Å²) in [6.45, 7) is 4.66. The first kappa shape index (κ1) is 18.8. The van der Waals surface area contributed by atoms with E-state index in [1.807, 2.05) is 18.2 Å². The highest BCUT2D eigenvalue weighted by molar-refractivity contribution is 6.31. The summed E-state index contributed by atoms with van der Waals surface area (Å²) >= 11 is 6.07. The van der Waals surface area contributed by atoms with Crippen LogP contribution in [0.2, 0.25) is 5.02 Å². The van der Waals surface area contributed by atoms with Crippen molar-refractivity contribution in [3.05, 3.63) is 29.0 Å². The molecule has 1 saturated carbocycles. The van der Waals surface area contributed by atoms with Gasteiger partial charge in [0.15, 0.2) is 0 Å². The van der Waals surface area contributed by atoms with Crippen molar-refractivity contribution in [2.24, 2.45) is 5.92 Å². The molecule has 0 bridgehead atoms. The first-order valence-corrected chi connectivity index (χ1v) is 10.6. The molecule has 2 aliphatic rings. The number of carbonyl (C=O) groups is 1. The van der Waals surface area contributed by atoms with Gasteiger partial charge in [0.05, 0.1) is 17.6 Å². The third-order valence-electron chi connectivity index (χ3n) is 6.26. The second kappa shape index (κ2) is 8.19. The highest BCUT2D eigenvalue weighted by Gasteiger charge is 2.26. The average Bonchev–Trinajstić information content (AvgIpc) is 3.07. The van der Waals surface area contributed by atoms with Crippen molar-refractivity contribution in [2.75, 3.05) is 19.6 Å². The Morgan fingerprint density at radius 1 is 1.26 bits per heavy atom. The van der Waals surface area contributed by atoms with Gasteiger partial charge < -0.3 is 10.3 Å². The van der Waals surface area contributed by atoms with Crippen molar-refractivity contribution >= 4 is 28.5 Å². The third-order valence-corrected chi connectivity index (χ3v) is 6.50. The van der Waals surface area contributed by atoms with Gasteiger partial charge in [0.2, 0.25) is 5.91 Å². The molecule has 1 aromatic carbocycles. The topological polar surface area (TPSA) is 61.0 Å². The number of halogens is 1. The molecule has 0 spiro atoms. The summed E-state index contributed by atoms with van der Waals surface area (Å²) in [6.07, 6.45) is 6.96. The van der Waals surface area contributed by atoms with Gasteiger partial charge in [-0.1, -0.05) is 31.4 Å². The minimum atomic E-state index is 0.186. The number of carbonyl (C=O) groups excluding carboxylic acids is 1. The molecule has 1 aromatic heterocycles. The van der Waals surface area contributed by atoms with E-state index in [2.05, 4.69) is 22.1 Å². The molecular weight excluding hydrogens is 360 g/mol. The van der Waals surface area contributed by atoms with Crippen LogP contribution in [0.3, 0.4) is 0 Å². The van der Waals surface area contributed by atoms with Gasteiger partial charge in [0, 0.05) is 17.0 Å². The number of fused-ring (bicyclic) bond motifs is 1. The quantitative estimate of drug-likeness (QED) is 0.829. The summed E-state index contributed by atoms with van der Waals surface area (Å²) in [5, 5.41) is 4.00. The Morgan fingerprint density at radius 2 is 2.04 bits per heavy atom. The maximum atomic E-state index is 12.4. The number of rotatable bonds is 4. The van der Waals surface area contributed by atoms with Crippen LogP contribution in [0, 0.1) is 5.92 Å². The van der Waals surface area contributed by atoms with Gasteiger partial charge in [-0.2, -0.15) is 0 Å². The molecule has 0 unspecified atom stereocenters.